The summed E-state index contributed by atoms with van der Waals surface area (Å²) in [5, 5.41) is 17.4. The maximum absolute atomic E-state index is 8.72. The van der Waals surface area contributed by atoms with Crippen LogP contribution in [0.4, 0.5) is 0 Å². The lowest BCUT2D eigenvalue weighted by molar-refractivity contribution is 0.0511. The standard InChI is InChI=1S/C9H13BO4/c1-13-7-14-9-4-2-8(3-5-9)6-10(11)12/h2-5,11-12H,6-7H2,1H3. The van der Waals surface area contributed by atoms with Crippen LogP contribution < -0.4 is 4.74 Å². The summed E-state index contributed by atoms with van der Waals surface area (Å²) in [6, 6.07) is 7.09. The first-order chi connectivity index (χ1) is 6.72. The van der Waals surface area contributed by atoms with Crippen LogP contribution in [-0.4, -0.2) is 31.1 Å². The molecule has 0 aliphatic carbocycles. The Morgan fingerprint density at radius 2 is 1.86 bits per heavy atom. The Kier molecular flexibility index (Phi) is 4.45. The average molecular weight is 196 g/mol. The molecule has 4 nitrogen and oxygen atoms in total. The quantitative estimate of drug-likeness (QED) is 0.522. The first-order valence-electron chi connectivity index (χ1n) is 4.29. The third kappa shape index (κ3) is 3.78. The van der Waals surface area contributed by atoms with Crippen molar-refractivity contribution in [3.8, 4) is 5.75 Å². The largest absolute Gasteiger partial charge is 0.468 e. The van der Waals surface area contributed by atoms with Crippen LogP contribution in [0.2, 0.25) is 0 Å². The summed E-state index contributed by atoms with van der Waals surface area (Å²) in [7, 11) is 0.247. The Labute approximate surface area is 83.2 Å². The van der Waals surface area contributed by atoms with Crippen molar-refractivity contribution < 1.29 is 19.5 Å². The lowest BCUT2D eigenvalue weighted by Crippen LogP contribution is -2.14. The fourth-order valence-corrected chi connectivity index (χ4v) is 1.06. The van der Waals surface area contributed by atoms with Crippen LogP contribution in [0.15, 0.2) is 24.3 Å². The molecule has 0 spiro atoms. The van der Waals surface area contributed by atoms with Crippen LogP contribution >= 0.6 is 0 Å². The van der Waals surface area contributed by atoms with Crippen molar-refractivity contribution in [2.75, 3.05) is 13.9 Å². The normalized spacial score (nSPS) is 9.93. The molecule has 0 bridgehead atoms. The highest BCUT2D eigenvalue weighted by molar-refractivity contribution is 6.40. The van der Waals surface area contributed by atoms with Crippen LogP contribution in [0, 0.1) is 0 Å². The third-order valence-electron chi connectivity index (χ3n) is 1.69. The van der Waals surface area contributed by atoms with Crippen LogP contribution in [0.5, 0.6) is 5.75 Å². The van der Waals surface area contributed by atoms with E-state index in [1.165, 1.54) is 0 Å². The molecule has 5 heteroatoms. The SMILES string of the molecule is COCOc1ccc(CB(O)O)cc1. The van der Waals surface area contributed by atoms with E-state index in [1.807, 2.05) is 0 Å². The zero-order chi connectivity index (χ0) is 10.4. The summed E-state index contributed by atoms with van der Waals surface area (Å²) < 4.78 is 9.91. The van der Waals surface area contributed by atoms with Gasteiger partial charge in [-0.3, -0.25) is 0 Å². The lowest BCUT2D eigenvalue weighted by Gasteiger charge is -2.05. The molecule has 0 atom stereocenters. The molecule has 0 radical (unpaired) electrons. The van der Waals surface area contributed by atoms with Crippen molar-refractivity contribution in [2.45, 2.75) is 6.32 Å². The monoisotopic (exact) mass is 196 g/mol. The average Bonchev–Trinajstić information content (AvgIpc) is 2.16. The van der Waals surface area contributed by atoms with E-state index in [1.54, 1.807) is 31.4 Å². The number of hydrogen-bond donors (Lipinski definition) is 2. The lowest BCUT2D eigenvalue weighted by atomic mass is 9.82. The van der Waals surface area contributed by atoms with Crippen molar-refractivity contribution in [3.05, 3.63) is 29.8 Å². The Bertz CT molecular complexity index is 260. The number of hydrogen-bond acceptors (Lipinski definition) is 4. The molecule has 1 rings (SSSR count). The van der Waals surface area contributed by atoms with Gasteiger partial charge in [-0.25, -0.2) is 0 Å². The van der Waals surface area contributed by atoms with Gasteiger partial charge in [-0.05, 0) is 17.7 Å². The van der Waals surface area contributed by atoms with Gasteiger partial charge in [0.15, 0.2) is 6.79 Å². The molecule has 14 heavy (non-hydrogen) atoms. The van der Waals surface area contributed by atoms with Crippen molar-refractivity contribution in [2.24, 2.45) is 0 Å². The number of methoxy groups -OCH3 is 1. The molecular weight excluding hydrogens is 183 g/mol. The first kappa shape index (κ1) is 11.0. The first-order valence-corrected chi connectivity index (χ1v) is 4.29. The molecule has 0 unspecified atom stereocenters. The van der Waals surface area contributed by atoms with Crippen molar-refractivity contribution >= 4 is 7.12 Å². The summed E-state index contributed by atoms with van der Waals surface area (Å²) in [4.78, 5) is 0. The molecule has 0 saturated carbocycles. The minimum Gasteiger partial charge on any atom is -0.468 e. The molecule has 0 aliphatic rings. The van der Waals surface area contributed by atoms with E-state index in [2.05, 4.69) is 0 Å². The van der Waals surface area contributed by atoms with Gasteiger partial charge < -0.3 is 19.5 Å². The second kappa shape index (κ2) is 5.64. The third-order valence-corrected chi connectivity index (χ3v) is 1.69. The summed E-state index contributed by atoms with van der Waals surface area (Å²) in [6.07, 6.45) is 0.227. The van der Waals surface area contributed by atoms with Crippen LogP contribution in [-0.2, 0) is 11.1 Å². The van der Waals surface area contributed by atoms with Crippen molar-refractivity contribution in [1.29, 1.82) is 0 Å². The van der Waals surface area contributed by atoms with Gasteiger partial charge >= 0.3 is 7.12 Å². The van der Waals surface area contributed by atoms with Gasteiger partial charge in [0.25, 0.3) is 0 Å². The van der Waals surface area contributed by atoms with E-state index in [4.69, 9.17) is 19.5 Å². The predicted molar refractivity (Wildman–Crippen MR) is 52.8 cm³/mol. The van der Waals surface area contributed by atoms with Gasteiger partial charge in [0, 0.05) is 13.4 Å². The van der Waals surface area contributed by atoms with E-state index in [0.717, 1.165) is 5.56 Å². The maximum atomic E-state index is 8.72. The highest BCUT2D eigenvalue weighted by atomic mass is 16.7. The fourth-order valence-electron chi connectivity index (χ4n) is 1.06. The summed E-state index contributed by atoms with van der Waals surface area (Å²) in [6.45, 7) is 0.210. The minimum absolute atomic E-state index is 0.210. The molecular formula is C9H13BO4. The highest BCUT2D eigenvalue weighted by Crippen LogP contribution is 2.12. The zero-order valence-electron chi connectivity index (χ0n) is 8.01. The summed E-state index contributed by atoms with van der Waals surface area (Å²) in [5.74, 6) is 0.697. The second-order valence-electron chi connectivity index (χ2n) is 2.88. The molecule has 1 aromatic rings. The Morgan fingerprint density at radius 1 is 1.21 bits per heavy atom. The van der Waals surface area contributed by atoms with Gasteiger partial charge in [0.1, 0.15) is 5.75 Å². The van der Waals surface area contributed by atoms with Crippen LogP contribution in [0.1, 0.15) is 5.56 Å². The number of ether oxygens (including phenoxy) is 2. The van der Waals surface area contributed by atoms with Crippen molar-refractivity contribution in [3.63, 3.8) is 0 Å². The number of rotatable bonds is 5. The smallest absolute Gasteiger partial charge is 0.456 e. The van der Waals surface area contributed by atoms with Gasteiger partial charge in [-0.1, -0.05) is 12.1 Å². The van der Waals surface area contributed by atoms with Gasteiger partial charge in [-0.2, -0.15) is 0 Å². The molecule has 1 aromatic carbocycles. The molecule has 0 heterocycles. The minimum atomic E-state index is -1.30. The van der Waals surface area contributed by atoms with Gasteiger partial charge in [0.05, 0.1) is 0 Å². The topological polar surface area (TPSA) is 58.9 Å². The summed E-state index contributed by atoms with van der Waals surface area (Å²) >= 11 is 0. The predicted octanol–water partition coefficient (Wildman–Crippen LogP) is 0.224. The van der Waals surface area contributed by atoms with E-state index in [9.17, 15) is 0 Å². The molecule has 0 saturated heterocycles. The van der Waals surface area contributed by atoms with Gasteiger partial charge in [0.2, 0.25) is 0 Å². The van der Waals surface area contributed by atoms with Crippen LogP contribution in [0.25, 0.3) is 0 Å². The molecule has 76 valence electrons. The molecule has 0 aromatic heterocycles. The Hall–Kier alpha value is -1.04. The maximum Gasteiger partial charge on any atom is 0.456 e. The second-order valence-corrected chi connectivity index (χ2v) is 2.88. The summed E-state index contributed by atoms with van der Waals surface area (Å²) in [5.41, 5.74) is 0.852. The molecule has 0 aliphatic heterocycles. The number of benzene rings is 1. The van der Waals surface area contributed by atoms with E-state index in [0.29, 0.717) is 5.75 Å². The molecule has 0 fully saturated rings. The van der Waals surface area contributed by atoms with E-state index in [-0.39, 0.29) is 13.1 Å². The van der Waals surface area contributed by atoms with Crippen molar-refractivity contribution in [1.82, 2.24) is 0 Å². The van der Waals surface area contributed by atoms with E-state index < -0.39 is 7.12 Å². The fraction of sp³-hybridized carbons (Fsp3) is 0.333. The highest BCUT2D eigenvalue weighted by Gasteiger charge is 2.07. The molecule has 2 N–H and O–H groups in total. The van der Waals surface area contributed by atoms with Gasteiger partial charge in [-0.15, -0.1) is 0 Å². The molecule has 0 amide bonds. The Balaban J connectivity index is 2.50. The Morgan fingerprint density at radius 3 is 2.36 bits per heavy atom. The van der Waals surface area contributed by atoms with Crippen LogP contribution in [0.3, 0.4) is 0 Å². The zero-order valence-corrected chi connectivity index (χ0v) is 8.01. The van der Waals surface area contributed by atoms with E-state index >= 15 is 0 Å².